The van der Waals surface area contributed by atoms with Crippen molar-refractivity contribution in [1.29, 1.82) is 0 Å². The molecule has 10 rings (SSSR count). The van der Waals surface area contributed by atoms with E-state index in [-0.39, 0.29) is 6.85 Å². The largest absolute Gasteiger partial charge is 0.466 e. The molecular formula is C43H31BN2O. The van der Waals surface area contributed by atoms with Gasteiger partial charge in [0.15, 0.2) is 0 Å². The third-order valence-electron chi connectivity index (χ3n) is 10.4. The topological polar surface area (TPSA) is 21.3 Å². The van der Waals surface area contributed by atoms with Crippen LogP contribution >= 0.6 is 0 Å². The molecule has 2 aliphatic heterocycles. The lowest BCUT2D eigenvalue weighted by Crippen LogP contribution is -2.56. The molecule has 8 aromatic rings. The first-order valence-corrected chi connectivity index (χ1v) is 16.4. The lowest BCUT2D eigenvalue weighted by molar-refractivity contribution is 0.649. The van der Waals surface area contributed by atoms with Gasteiger partial charge in [-0.2, -0.15) is 0 Å². The van der Waals surface area contributed by atoms with Crippen LogP contribution in [0, 0.1) is 20.8 Å². The zero-order valence-electron chi connectivity index (χ0n) is 26.6. The molecule has 222 valence electrons. The van der Waals surface area contributed by atoms with Gasteiger partial charge in [-0.3, -0.25) is 0 Å². The third-order valence-corrected chi connectivity index (χ3v) is 10.4. The molecule has 4 heterocycles. The molecule has 3 nitrogen and oxygen atoms in total. The highest BCUT2D eigenvalue weighted by Crippen LogP contribution is 2.51. The number of nitrogens with zero attached hydrogens (tertiary/aromatic N) is 2. The standard InChI is InChI=1S/C43H31BN2O/c1-26-14-7-8-19-30(26)37-34-23-12-22-32-31-21-13-24-35-38(31)44(46(41(32)34)40(37)29-17-5-4-6-18-29)43-42(33-20-9-10-25-36(33)47-43)45(35)39-27(2)15-11-16-28(39)3/h4-25H,1-3H3. The monoisotopic (exact) mass is 602 g/mol. The van der Waals surface area contributed by atoms with E-state index in [2.05, 4.69) is 164 Å². The number of rotatable bonds is 3. The molecule has 4 heteroatoms. The smallest absolute Gasteiger partial charge is 0.376 e. The van der Waals surface area contributed by atoms with Crippen LogP contribution in [0.4, 0.5) is 17.1 Å². The minimum atomic E-state index is -0.158. The predicted molar refractivity (Wildman–Crippen MR) is 197 cm³/mol. The predicted octanol–water partition coefficient (Wildman–Crippen LogP) is 10.1. The Morgan fingerprint density at radius 2 is 1.17 bits per heavy atom. The van der Waals surface area contributed by atoms with Crippen molar-refractivity contribution in [2.24, 2.45) is 0 Å². The van der Waals surface area contributed by atoms with Gasteiger partial charge in [0.25, 0.3) is 0 Å². The average molecular weight is 603 g/mol. The minimum absolute atomic E-state index is 0.158. The Labute approximate surface area is 274 Å². The van der Waals surface area contributed by atoms with Gasteiger partial charge in [0, 0.05) is 38.8 Å². The summed E-state index contributed by atoms with van der Waals surface area (Å²) in [4.78, 5) is 2.49. The van der Waals surface area contributed by atoms with Gasteiger partial charge in [0.1, 0.15) is 11.2 Å². The molecule has 6 aromatic carbocycles. The molecule has 0 unspecified atom stereocenters. The summed E-state index contributed by atoms with van der Waals surface area (Å²) in [7, 11) is 0. The molecule has 0 aliphatic carbocycles. The van der Waals surface area contributed by atoms with Gasteiger partial charge >= 0.3 is 6.85 Å². The number of aryl methyl sites for hydroxylation is 3. The fourth-order valence-electron chi connectivity index (χ4n) is 8.47. The summed E-state index contributed by atoms with van der Waals surface area (Å²) in [6.45, 7) is 6.51. The van der Waals surface area contributed by atoms with Crippen LogP contribution in [0.15, 0.2) is 138 Å². The Kier molecular flexibility index (Phi) is 5.43. The molecule has 0 spiro atoms. The summed E-state index contributed by atoms with van der Waals surface area (Å²) >= 11 is 0. The van der Waals surface area contributed by atoms with E-state index in [1.165, 1.54) is 77.9 Å². The molecule has 47 heavy (non-hydrogen) atoms. The van der Waals surface area contributed by atoms with Crippen LogP contribution in [0.5, 0.6) is 0 Å². The van der Waals surface area contributed by atoms with Crippen LogP contribution < -0.4 is 16.0 Å². The van der Waals surface area contributed by atoms with Gasteiger partial charge in [-0.15, -0.1) is 0 Å². The van der Waals surface area contributed by atoms with Gasteiger partial charge in [-0.1, -0.05) is 115 Å². The van der Waals surface area contributed by atoms with E-state index in [0.29, 0.717) is 0 Å². The Bertz CT molecular complexity index is 2550. The third kappa shape index (κ3) is 3.47. The van der Waals surface area contributed by atoms with Crippen LogP contribution in [-0.4, -0.2) is 11.3 Å². The van der Waals surface area contributed by atoms with Gasteiger partial charge in [0.2, 0.25) is 0 Å². The Hall–Kier alpha value is -5.74. The number of aromatic nitrogens is 1. The lowest BCUT2D eigenvalue weighted by Gasteiger charge is -2.39. The van der Waals surface area contributed by atoms with Gasteiger partial charge in [-0.05, 0) is 77.8 Å². The highest BCUT2D eigenvalue weighted by Gasteiger charge is 2.47. The number of para-hydroxylation sites is 3. The summed E-state index contributed by atoms with van der Waals surface area (Å²) in [5.74, 6) is 0. The molecular weight excluding hydrogens is 571 g/mol. The van der Waals surface area contributed by atoms with Crippen LogP contribution in [0.3, 0.4) is 0 Å². The van der Waals surface area contributed by atoms with E-state index < -0.39 is 0 Å². The fraction of sp³-hybridized carbons (Fsp3) is 0.0698. The molecule has 0 atom stereocenters. The van der Waals surface area contributed by atoms with Crippen molar-refractivity contribution in [1.82, 2.24) is 4.48 Å². The number of anilines is 3. The summed E-state index contributed by atoms with van der Waals surface area (Å²) in [6, 6.07) is 48.6. The Morgan fingerprint density at radius 1 is 0.532 bits per heavy atom. The molecule has 0 saturated carbocycles. The molecule has 2 aliphatic rings. The van der Waals surface area contributed by atoms with Gasteiger partial charge in [-0.25, -0.2) is 0 Å². The SMILES string of the molecule is Cc1ccccc1-c1c(-c2ccccc2)n2c3c(cccc13)-c1cccc3c1B2c1oc2ccccc2c1N3c1c(C)cccc1C. The van der Waals surface area contributed by atoms with Crippen molar-refractivity contribution in [2.75, 3.05) is 4.90 Å². The minimum Gasteiger partial charge on any atom is -0.466 e. The molecule has 0 saturated heterocycles. The van der Waals surface area contributed by atoms with Crippen molar-refractivity contribution in [3.05, 3.63) is 150 Å². The van der Waals surface area contributed by atoms with Crippen LogP contribution in [0.1, 0.15) is 16.7 Å². The fourth-order valence-corrected chi connectivity index (χ4v) is 8.47. The van der Waals surface area contributed by atoms with E-state index in [1.807, 2.05) is 0 Å². The van der Waals surface area contributed by atoms with Gasteiger partial charge in [0.05, 0.1) is 11.4 Å². The molecule has 2 aromatic heterocycles. The van der Waals surface area contributed by atoms with Crippen LogP contribution in [-0.2, 0) is 0 Å². The lowest BCUT2D eigenvalue weighted by atomic mass is 9.47. The highest BCUT2D eigenvalue weighted by atomic mass is 16.3. The molecule has 0 fully saturated rings. The second kappa shape index (κ2) is 9.64. The zero-order chi connectivity index (χ0) is 31.4. The zero-order valence-corrected chi connectivity index (χ0v) is 26.6. The number of hydrogen-bond acceptors (Lipinski definition) is 2. The van der Waals surface area contributed by atoms with Crippen molar-refractivity contribution >= 4 is 56.9 Å². The van der Waals surface area contributed by atoms with Crippen molar-refractivity contribution < 1.29 is 4.42 Å². The molecule has 0 N–H and O–H groups in total. The number of hydrogen-bond donors (Lipinski definition) is 0. The first kappa shape index (κ1) is 26.5. The number of benzene rings is 6. The average Bonchev–Trinajstić information content (AvgIpc) is 3.65. The van der Waals surface area contributed by atoms with Crippen molar-refractivity contribution in [3.63, 3.8) is 0 Å². The molecule has 0 amide bonds. The van der Waals surface area contributed by atoms with E-state index >= 15 is 0 Å². The summed E-state index contributed by atoms with van der Waals surface area (Å²) < 4.78 is 9.69. The summed E-state index contributed by atoms with van der Waals surface area (Å²) in [6.07, 6.45) is 0. The maximum absolute atomic E-state index is 7.08. The maximum atomic E-state index is 7.08. The van der Waals surface area contributed by atoms with E-state index in [1.54, 1.807) is 0 Å². The second-order valence-electron chi connectivity index (χ2n) is 13.0. The van der Waals surface area contributed by atoms with E-state index in [4.69, 9.17) is 4.42 Å². The number of furan rings is 1. The van der Waals surface area contributed by atoms with Crippen molar-refractivity contribution in [2.45, 2.75) is 20.8 Å². The molecule has 0 bridgehead atoms. The summed E-state index contributed by atoms with van der Waals surface area (Å²) in [5.41, 5.74) is 19.2. The van der Waals surface area contributed by atoms with E-state index in [0.717, 1.165) is 22.3 Å². The van der Waals surface area contributed by atoms with Gasteiger partial charge < -0.3 is 13.8 Å². The van der Waals surface area contributed by atoms with Crippen molar-refractivity contribution in [3.8, 4) is 33.5 Å². The quantitative estimate of drug-likeness (QED) is 0.188. The summed E-state index contributed by atoms with van der Waals surface area (Å²) in [5, 5.41) is 2.39. The Morgan fingerprint density at radius 3 is 2.00 bits per heavy atom. The second-order valence-corrected chi connectivity index (χ2v) is 13.0. The Balaban J connectivity index is 1.42. The molecule has 0 radical (unpaired) electrons. The van der Waals surface area contributed by atoms with Crippen LogP contribution in [0.2, 0.25) is 0 Å². The first-order chi connectivity index (χ1) is 23.1. The maximum Gasteiger partial charge on any atom is 0.376 e. The highest BCUT2D eigenvalue weighted by molar-refractivity contribution is 6.89. The normalized spacial score (nSPS) is 12.9. The number of fused-ring (bicyclic) bond motifs is 6. The van der Waals surface area contributed by atoms with E-state index in [9.17, 15) is 0 Å². The van der Waals surface area contributed by atoms with Crippen LogP contribution in [0.25, 0.3) is 55.4 Å². The first-order valence-electron chi connectivity index (χ1n) is 16.4.